The Morgan fingerprint density at radius 2 is 2.22 bits per heavy atom. The van der Waals surface area contributed by atoms with Gasteiger partial charge in [0.05, 0.1) is 12.4 Å². The molecule has 23 heavy (non-hydrogen) atoms. The van der Waals surface area contributed by atoms with Gasteiger partial charge in [-0.1, -0.05) is 0 Å². The number of carbonyl (C=O) groups excluding carboxylic acids is 1. The molecule has 0 bridgehead atoms. The van der Waals surface area contributed by atoms with E-state index in [0.29, 0.717) is 17.0 Å². The zero-order chi connectivity index (χ0) is 16.7. The van der Waals surface area contributed by atoms with Crippen LogP contribution in [0.5, 0.6) is 0 Å². The SMILES string of the molecule is CNC(=O)C1OC(n2cnc3c(NC)nc(Cl)nc32)C(O)C1N. The molecule has 1 aliphatic rings. The van der Waals surface area contributed by atoms with Gasteiger partial charge in [-0.05, 0) is 11.6 Å². The van der Waals surface area contributed by atoms with E-state index < -0.39 is 30.4 Å². The van der Waals surface area contributed by atoms with Crippen molar-refractivity contribution in [3.8, 4) is 0 Å². The summed E-state index contributed by atoms with van der Waals surface area (Å²) in [6.45, 7) is 0. The van der Waals surface area contributed by atoms with Gasteiger partial charge in [0, 0.05) is 14.1 Å². The first kappa shape index (κ1) is 15.9. The van der Waals surface area contributed by atoms with Crippen LogP contribution in [0, 0.1) is 0 Å². The quantitative estimate of drug-likeness (QED) is 0.513. The molecule has 0 radical (unpaired) electrons. The summed E-state index contributed by atoms with van der Waals surface area (Å²) in [5.41, 5.74) is 6.71. The highest BCUT2D eigenvalue weighted by molar-refractivity contribution is 6.28. The maximum Gasteiger partial charge on any atom is 0.250 e. The number of fused-ring (bicyclic) bond motifs is 1. The van der Waals surface area contributed by atoms with Gasteiger partial charge in [-0.15, -0.1) is 0 Å². The molecule has 4 unspecified atom stereocenters. The lowest BCUT2D eigenvalue weighted by molar-refractivity contribution is -0.134. The van der Waals surface area contributed by atoms with Crippen LogP contribution in [0.15, 0.2) is 6.33 Å². The third kappa shape index (κ3) is 2.49. The molecule has 4 atom stereocenters. The second-order valence-electron chi connectivity index (χ2n) is 5.04. The van der Waals surface area contributed by atoms with Crippen molar-refractivity contribution < 1.29 is 14.6 Å². The minimum atomic E-state index is -1.11. The number of imidazole rings is 1. The fraction of sp³-hybridized carbons (Fsp3) is 0.500. The van der Waals surface area contributed by atoms with Crippen molar-refractivity contribution >= 4 is 34.5 Å². The predicted octanol–water partition coefficient (Wildman–Crippen LogP) is -1.15. The molecule has 3 heterocycles. The molecular formula is C12H16ClN7O3. The van der Waals surface area contributed by atoms with Crippen molar-refractivity contribution in [3.05, 3.63) is 11.6 Å². The highest BCUT2D eigenvalue weighted by Crippen LogP contribution is 2.32. The lowest BCUT2D eigenvalue weighted by atomic mass is 10.1. The second-order valence-corrected chi connectivity index (χ2v) is 5.38. The number of halogens is 1. The number of carbonyl (C=O) groups is 1. The number of rotatable bonds is 3. The molecule has 11 heteroatoms. The maximum atomic E-state index is 11.8. The van der Waals surface area contributed by atoms with E-state index in [1.54, 1.807) is 7.05 Å². The number of aliphatic hydroxyl groups excluding tert-OH is 1. The average Bonchev–Trinajstić information content (AvgIpc) is 3.08. The summed E-state index contributed by atoms with van der Waals surface area (Å²) < 4.78 is 7.10. The summed E-state index contributed by atoms with van der Waals surface area (Å²) >= 11 is 5.91. The first-order valence-electron chi connectivity index (χ1n) is 6.86. The molecule has 0 aliphatic carbocycles. The van der Waals surface area contributed by atoms with E-state index in [4.69, 9.17) is 22.1 Å². The van der Waals surface area contributed by atoms with Crippen LogP contribution in [0.3, 0.4) is 0 Å². The minimum Gasteiger partial charge on any atom is -0.387 e. The fourth-order valence-electron chi connectivity index (χ4n) is 2.55. The number of amides is 1. The smallest absolute Gasteiger partial charge is 0.250 e. The van der Waals surface area contributed by atoms with Crippen molar-refractivity contribution in [1.29, 1.82) is 0 Å². The van der Waals surface area contributed by atoms with Crippen LogP contribution in [0.25, 0.3) is 11.2 Å². The van der Waals surface area contributed by atoms with E-state index in [0.717, 1.165) is 0 Å². The van der Waals surface area contributed by atoms with Crippen molar-refractivity contribution in [3.63, 3.8) is 0 Å². The highest BCUT2D eigenvalue weighted by atomic mass is 35.5. The van der Waals surface area contributed by atoms with Crippen molar-refractivity contribution in [1.82, 2.24) is 24.8 Å². The predicted molar refractivity (Wildman–Crippen MR) is 81.8 cm³/mol. The number of nitrogens with one attached hydrogen (secondary N) is 2. The van der Waals surface area contributed by atoms with Gasteiger partial charge in [0.2, 0.25) is 5.28 Å². The number of hydrogen-bond acceptors (Lipinski definition) is 8. The van der Waals surface area contributed by atoms with E-state index in [-0.39, 0.29) is 5.28 Å². The number of nitrogens with zero attached hydrogens (tertiary/aromatic N) is 4. The zero-order valence-electron chi connectivity index (χ0n) is 12.4. The standard InChI is InChI=1S/C12H16ClN7O3/c1-15-8-5-9(19-12(13)18-8)20(3-17-5)11-6(21)4(14)7(23-11)10(22)16-2/h3-4,6-7,11,21H,14H2,1-2H3,(H,16,22)(H,15,18,19). The van der Waals surface area contributed by atoms with Gasteiger partial charge in [-0.2, -0.15) is 9.97 Å². The number of hydrogen-bond donors (Lipinski definition) is 4. The molecule has 10 nitrogen and oxygen atoms in total. The van der Waals surface area contributed by atoms with Gasteiger partial charge in [0.25, 0.3) is 5.91 Å². The monoisotopic (exact) mass is 341 g/mol. The number of aliphatic hydroxyl groups is 1. The molecule has 2 aromatic heterocycles. The summed E-state index contributed by atoms with van der Waals surface area (Å²) in [5, 5.41) is 15.7. The Kier molecular flexibility index (Phi) is 4.06. The molecule has 5 N–H and O–H groups in total. The topological polar surface area (TPSA) is 140 Å². The molecule has 124 valence electrons. The van der Waals surface area contributed by atoms with Crippen LogP contribution < -0.4 is 16.4 Å². The van der Waals surface area contributed by atoms with Gasteiger partial charge >= 0.3 is 0 Å². The Hall–Kier alpha value is -2.01. The first-order chi connectivity index (χ1) is 11.0. The number of ether oxygens (including phenoxy) is 1. The summed E-state index contributed by atoms with van der Waals surface area (Å²) in [6.07, 6.45) is -1.56. The van der Waals surface area contributed by atoms with E-state index >= 15 is 0 Å². The molecule has 1 fully saturated rings. The lowest BCUT2D eigenvalue weighted by Gasteiger charge is -2.16. The summed E-state index contributed by atoms with van der Waals surface area (Å²) in [4.78, 5) is 24.1. The van der Waals surface area contributed by atoms with E-state index in [1.165, 1.54) is 17.9 Å². The van der Waals surface area contributed by atoms with Gasteiger partial charge in [0.15, 0.2) is 29.3 Å². The molecule has 0 spiro atoms. The van der Waals surface area contributed by atoms with Gasteiger partial charge < -0.3 is 26.2 Å². The van der Waals surface area contributed by atoms with Gasteiger partial charge in [0.1, 0.15) is 6.10 Å². The Labute approximate surface area is 136 Å². The van der Waals surface area contributed by atoms with Gasteiger partial charge in [-0.25, -0.2) is 4.98 Å². The molecular weight excluding hydrogens is 326 g/mol. The third-order valence-corrected chi connectivity index (χ3v) is 3.90. The molecule has 1 aliphatic heterocycles. The zero-order valence-corrected chi connectivity index (χ0v) is 13.2. The highest BCUT2D eigenvalue weighted by Gasteiger charge is 2.46. The first-order valence-corrected chi connectivity index (χ1v) is 7.24. The van der Waals surface area contributed by atoms with Gasteiger partial charge in [-0.3, -0.25) is 9.36 Å². The van der Waals surface area contributed by atoms with Crippen molar-refractivity contribution in [2.75, 3.05) is 19.4 Å². The van der Waals surface area contributed by atoms with Crippen molar-refractivity contribution in [2.45, 2.75) is 24.5 Å². The van der Waals surface area contributed by atoms with Crippen LogP contribution in [0.2, 0.25) is 5.28 Å². The Balaban J connectivity index is 2.04. The molecule has 3 rings (SSSR count). The van der Waals surface area contributed by atoms with Crippen molar-refractivity contribution in [2.24, 2.45) is 5.73 Å². The van der Waals surface area contributed by atoms with E-state index in [2.05, 4.69) is 25.6 Å². The normalized spacial score (nSPS) is 27.3. The van der Waals surface area contributed by atoms with E-state index in [1.807, 2.05) is 0 Å². The van der Waals surface area contributed by atoms with Crippen LogP contribution in [0.1, 0.15) is 6.23 Å². The number of anilines is 1. The number of likely N-dealkylation sites (N-methyl/N-ethyl adjacent to an activating group) is 1. The third-order valence-electron chi connectivity index (χ3n) is 3.73. The maximum absolute atomic E-state index is 11.8. The lowest BCUT2D eigenvalue weighted by Crippen LogP contribution is -2.46. The summed E-state index contributed by atoms with van der Waals surface area (Å²) in [5.74, 6) is 0.0328. The van der Waals surface area contributed by atoms with Crippen LogP contribution in [-0.4, -0.2) is 62.9 Å². The average molecular weight is 342 g/mol. The van der Waals surface area contributed by atoms with Crippen LogP contribution >= 0.6 is 11.6 Å². The minimum absolute atomic E-state index is 0.0169. The van der Waals surface area contributed by atoms with E-state index in [9.17, 15) is 9.90 Å². The van der Waals surface area contributed by atoms with Crippen LogP contribution in [-0.2, 0) is 9.53 Å². The molecule has 1 amide bonds. The summed E-state index contributed by atoms with van der Waals surface area (Å²) in [7, 11) is 3.15. The Morgan fingerprint density at radius 3 is 2.87 bits per heavy atom. The number of nitrogens with two attached hydrogens (primary N) is 1. The molecule has 0 saturated carbocycles. The Bertz CT molecular complexity index is 752. The second kappa shape index (κ2) is 5.89. The Morgan fingerprint density at radius 1 is 1.48 bits per heavy atom. The molecule has 0 aromatic carbocycles. The largest absolute Gasteiger partial charge is 0.387 e. The summed E-state index contributed by atoms with van der Waals surface area (Å²) in [6, 6.07) is -0.876. The fourth-order valence-corrected chi connectivity index (χ4v) is 2.71. The van der Waals surface area contributed by atoms with Crippen LogP contribution in [0.4, 0.5) is 5.82 Å². The molecule has 1 saturated heterocycles. The number of aromatic nitrogens is 4. The molecule has 2 aromatic rings.